The second-order valence-corrected chi connectivity index (χ2v) is 3.83. The average molecular weight is 252 g/mol. The quantitative estimate of drug-likeness (QED) is 0.613. The summed E-state index contributed by atoms with van der Waals surface area (Å²) in [4.78, 5) is 22.1. The third kappa shape index (κ3) is 4.06. The zero-order chi connectivity index (χ0) is 13.5. The van der Waals surface area contributed by atoms with Crippen LogP contribution >= 0.6 is 0 Å². The average Bonchev–Trinajstić information content (AvgIpc) is 2.35. The van der Waals surface area contributed by atoms with Crippen molar-refractivity contribution < 1.29 is 19.8 Å². The van der Waals surface area contributed by atoms with E-state index in [1.54, 1.807) is 24.3 Å². The number of carbonyl (C=O) groups excluding carboxylic acids is 1. The molecule has 2 atom stereocenters. The van der Waals surface area contributed by atoms with Crippen molar-refractivity contribution in [3.8, 4) is 0 Å². The van der Waals surface area contributed by atoms with Crippen molar-refractivity contribution in [3.05, 3.63) is 35.9 Å². The smallest absolute Gasteiger partial charge is 0.405 e. The van der Waals surface area contributed by atoms with Gasteiger partial charge in [-0.15, -0.1) is 0 Å². The van der Waals surface area contributed by atoms with Crippen LogP contribution in [0.3, 0.4) is 0 Å². The van der Waals surface area contributed by atoms with Crippen molar-refractivity contribution in [2.75, 3.05) is 6.61 Å². The number of rotatable bonds is 5. The molecule has 18 heavy (non-hydrogen) atoms. The first-order chi connectivity index (χ1) is 8.54. The second kappa shape index (κ2) is 6.61. The van der Waals surface area contributed by atoms with Gasteiger partial charge in [0, 0.05) is 0 Å². The third-order valence-corrected chi connectivity index (χ3v) is 2.43. The fourth-order valence-electron chi connectivity index (χ4n) is 1.47. The highest BCUT2D eigenvalue weighted by molar-refractivity contribution is 5.85. The number of carbonyl (C=O) groups is 2. The summed E-state index contributed by atoms with van der Waals surface area (Å²) in [5.74, 6) is -0.486. The van der Waals surface area contributed by atoms with Crippen LogP contribution in [0.2, 0.25) is 0 Å². The number of hydrogen-bond donors (Lipinski definition) is 4. The summed E-state index contributed by atoms with van der Waals surface area (Å²) >= 11 is 0. The maximum Gasteiger partial charge on any atom is 0.405 e. The lowest BCUT2D eigenvalue weighted by atomic mass is 10.1. The molecule has 1 aromatic rings. The van der Waals surface area contributed by atoms with E-state index in [4.69, 9.17) is 5.11 Å². The summed E-state index contributed by atoms with van der Waals surface area (Å²) in [6.45, 7) is 1.18. The highest BCUT2D eigenvalue weighted by Gasteiger charge is 2.19. The molecule has 0 aliphatic rings. The normalized spacial score (nSPS) is 13.4. The molecular formula is C12H16N2O4. The second-order valence-electron chi connectivity index (χ2n) is 3.83. The Bertz CT molecular complexity index is 408. The monoisotopic (exact) mass is 252 g/mol. The fourth-order valence-corrected chi connectivity index (χ4v) is 1.47. The summed E-state index contributed by atoms with van der Waals surface area (Å²) in [6.07, 6.45) is -1.27. The van der Waals surface area contributed by atoms with Crippen LogP contribution in [0.15, 0.2) is 30.3 Å². The van der Waals surface area contributed by atoms with Gasteiger partial charge in [-0.3, -0.25) is 4.79 Å². The Labute approximate surface area is 105 Å². The van der Waals surface area contributed by atoms with Gasteiger partial charge in [0.1, 0.15) is 6.04 Å². The molecule has 0 aliphatic carbocycles. The van der Waals surface area contributed by atoms with E-state index >= 15 is 0 Å². The van der Waals surface area contributed by atoms with Gasteiger partial charge in [-0.2, -0.15) is 0 Å². The Morgan fingerprint density at radius 2 is 1.83 bits per heavy atom. The Balaban J connectivity index is 2.64. The lowest BCUT2D eigenvalue weighted by Crippen LogP contribution is -2.46. The third-order valence-electron chi connectivity index (χ3n) is 2.43. The number of aliphatic hydroxyl groups is 1. The van der Waals surface area contributed by atoms with Crippen molar-refractivity contribution in [3.63, 3.8) is 0 Å². The van der Waals surface area contributed by atoms with Crippen molar-refractivity contribution in [1.29, 1.82) is 0 Å². The molecule has 0 saturated heterocycles. The molecule has 6 heteroatoms. The molecule has 98 valence electrons. The molecule has 2 unspecified atom stereocenters. The van der Waals surface area contributed by atoms with E-state index in [-0.39, 0.29) is 6.61 Å². The fraction of sp³-hybridized carbons (Fsp3) is 0.333. The largest absolute Gasteiger partial charge is 0.465 e. The lowest BCUT2D eigenvalue weighted by molar-refractivity contribution is -0.123. The van der Waals surface area contributed by atoms with Gasteiger partial charge in [0.2, 0.25) is 5.91 Å². The summed E-state index contributed by atoms with van der Waals surface area (Å²) in [6, 6.07) is 7.55. The molecule has 0 aliphatic heterocycles. The highest BCUT2D eigenvalue weighted by Crippen LogP contribution is 2.11. The van der Waals surface area contributed by atoms with Crippen LogP contribution in [0.1, 0.15) is 18.5 Å². The zero-order valence-electron chi connectivity index (χ0n) is 9.96. The van der Waals surface area contributed by atoms with E-state index < -0.39 is 24.1 Å². The molecule has 0 radical (unpaired) electrons. The first kappa shape index (κ1) is 14.0. The van der Waals surface area contributed by atoms with Gasteiger partial charge >= 0.3 is 6.09 Å². The highest BCUT2D eigenvalue weighted by atomic mass is 16.4. The molecule has 4 N–H and O–H groups in total. The Kier molecular flexibility index (Phi) is 5.13. The molecule has 0 spiro atoms. The minimum Gasteiger partial charge on any atom is -0.465 e. The van der Waals surface area contributed by atoms with E-state index in [0.29, 0.717) is 0 Å². The van der Waals surface area contributed by atoms with Crippen molar-refractivity contribution in [1.82, 2.24) is 10.6 Å². The molecule has 0 heterocycles. The summed E-state index contributed by atoms with van der Waals surface area (Å²) in [5, 5.41) is 22.4. The maximum absolute atomic E-state index is 11.7. The number of aliphatic hydroxyl groups excluding tert-OH is 1. The van der Waals surface area contributed by atoms with Crippen LogP contribution in [0.5, 0.6) is 0 Å². The molecule has 2 amide bonds. The Morgan fingerprint density at radius 1 is 1.22 bits per heavy atom. The lowest BCUT2D eigenvalue weighted by Gasteiger charge is -2.19. The molecule has 0 saturated carbocycles. The van der Waals surface area contributed by atoms with Crippen molar-refractivity contribution >= 4 is 12.0 Å². The molecule has 6 nitrogen and oxygen atoms in total. The van der Waals surface area contributed by atoms with Crippen LogP contribution < -0.4 is 10.6 Å². The van der Waals surface area contributed by atoms with E-state index in [2.05, 4.69) is 5.32 Å². The van der Waals surface area contributed by atoms with Gasteiger partial charge < -0.3 is 20.8 Å². The van der Waals surface area contributed by atoms with Gasteiger partial charge in [0.25, 0.3) is 0 Å². The van der Waals surface area contributed by atoms with Crippen LogP contribution in [0.25, 0.3) is 0 Å². The Hall–Kier alpha value is -2.08. The van der Waals surface area contributed by atoms with E-state index in [0.717, 1.165) is 5.56 Å². The van der Waals surface area contributed by atoms with Gasteiger partial charge in [0.05, 0.1) is 12.6 Å². The topological polar surface area (TPSA) is 98.7 Å². The van der Waals surface area contributed by atoms with Crippen LogP contribution in [0.4, 0.5) is 4.79 Å². The van der Waals surface area contributed by atoms with Gasteiger partial charge in [-0.05, 0) is 12.5 Å². The number of hydrogen-bond acceptors (Lipinski definition) is 3. The summed E-state index contributed by atoms with van der Waals surface area (Å²) < 4.78 is 0. The molecule has 0 bridgehead atoms. The van der Waals surface area contributed by atoms with Crippen LogP contribution in [0, 0.1) is 0 Å². The van der Waals surface area contributed by atoms with Gasteiger partial charge in [-0.1, -0.05) is 30.3 Å². The maximum atomic E-state index is 11.7. The van der Waals surface area contributed by atoms with Crippen LogP contribution in [-0.2, 0) is 4.79 Å². The number of carboxylic acid groups (broad SMARTS) is 1. The minimum absolute atomic E-state index is 0.254. The Morgan fingerprint density at radius 3 is 2.33 bits per heavy atom. The summed E-state index contributed by atoms with van der Waals surface area (Å²) in [5.41, 5.74) is 0.760. The van der Waals surface area contributed by atoms with E-state index in [1.807, 2.05) is 11.4 Å². The zero-order valence-corrected chi connectivity index (χ0v) is 9.96. The predicted molar refractivity (Wildman–Crippen MR) is 65.0 cm³/mol. The van der Waals surface area contributed by atoms with Gasteiger partial charge in [-0.25, -0.2) is 4.79 Å². The van der Waals surface area contributed by atoms with E-state index in [1.165, 1.54) is 6.92 Å². The summed E-state index contributed by atoms with van der Waals surface area (Å²) in [7, 11) is 0. The first-order valence-electron chi connectivity index (χ1n) is 5.50. The molecule has 0 aromatic heterocycles. The minimum atomic E-state index is -1.27. The van der Waals surface area contributed by atoms with E-state index in [9.17, 15) is 14.7 Å². The van der Waals surface area contributed by atoms with Crippen molar-refractivity contribution in [2.24, 2.45) is 0 Å². The molecular weight excluding hydrogens is 236 g/mol. The number of nitrogens with one attached hydrogen (secondary N) is 2. The van der Waals surface area contributed by atoms with Crippen LogP contribution in [-0.4, -0.2) is 34.9 Å². The predicted octanol–water partition coefficient (Wildman–Crippen LogP) is 0.492. The number of amides is 2. The molecule has 0 fully saturated rings. The van der Waals surface area contributed by atoms with Gasteiger partial charge in [0.15, 0.2) is 0 Å². The van der Waals surface area contributed by atoms with Crippen molar-refractivity contribution in [2.45, 2.75) is 19.0 Å². The first-order valence-corrected chi connectivity index (χ1v) is 5.50. The SMILES string of the molecule is CC(NC(=O)O)C(=O)NC(CO)c1ccccc1. The standard InChI is InChI=1S/C12H16N2O4/c1-8(13-12(17)18)11(16)14-10(7-15)9-5-3-2-4-6-9/h2-6,8,10,13,15H,7H2,1H3,(H,14,16)(H,17,18). The molecule has 1 rings (SSSR count). The molecule has 1 aromatic carbocycles. The number of benzene rings is 1.